The Balaban J connectivity index is 1.34. The number of fused-ring (bicyclic) bond motifs is 2. The number of aromatic nitrogens is 4. The number of hydrogen-bond acceptors (Lipinski definition) is 8. The zero-order chi connectivity index (χ0) is 25.4. The highest BCUT2D eigenvalue weighted by Gasteiger charge is 2.27. The van der Waals surface area contributed by atoms with Crippen molar-refractivity contribution in [2.75, 3.05) is 51.3 Å². The summed E-state index contributed by atoms with van der Waals surface area (Å²) in [6.45, 7) is 4.52. The van der Waals surface area contributed by atoms with E-state index in [1.807, 2.05) is 36.5 Å². The third-order valence-corrected chi connectivity index (χ3v) is 7.54. The molecule has 1 aliphatic heterocycles. The molecular formula is C28H29N7O2. The van der Waals surface area contributed by atoms with Gasteiger partial charge >= 0.3 is 0 Å². The number of pyridine rings is 2. The molecule has 188 valence electrons. The fourth-order valence-corrected chi connectivity index (χ4v) is 5.55. The monoisotopic (exact) mass is 495 g/mol. The molecule has 0 radical (unpaired) electrons. The Labute approximate surface area is 215 Å². The molecule has 0 bridgehead atoms. The van der Waals surface area contributed by atoms with E-state index in [0.717, 1.165) is 90.5 Å². The Morgan fingerprint density at radius 1 is 1.16 bits per heavy atom. The SMILES string of the molecule is COc1cc2[nH]nc(-c3ccc(N4CCN(CCO)CC4)nc3)c2nc1-c1cccc2c1CCC2C#N. The fourth-order valence-electron chi connectivity index (χ4n) is 5.55. The summed E-state index contributed by atoms with van der Waals surface area (Å²) in [6.07, 6.45) is 3.54. The van der Waals surface area contributed by atoms with Gasteiger partial charge in [0.1, 0.15) is 28.5 Å². The quantitative estimate of drug-likeness (QED) is 0.419. The maximum Gasteiger partial charge on any atom is 0.147 e. The summed E-state index contributed by atoms with van der Waals surface area (Å²) in [5.74, 6) is 1.54. The number of aliphatic hydroxyl groups excluding tert-OH is 1. The van der Waals surface area contributed by atoms with E-state index >= 15 is 0 Å². The molecule has 6 rings (SSSR count). The summed E-state index contributed by atoms with van der Waals surface area (Å²) >= 11 is 0. The van der Waals surface area contributed by atoms with Crippen molar-refractivity contribution >= 4 is 16.9 Å². The molecule has 2 aliphatic rings. The van der Waals surface area contributed by atoms with Gasteiger partial charge in [0, 0.05) is 56.1 Å². The van der Waals surface area contributed by atoms with Gasteiger partial charge in [-0.3, -0.25) is 10.00 Å². The lowest BCUT2D eigenvalue weighted by Gasteiger charge is -2.35. The molecule has 4 aromatic rings. The van der Waals surface area contributed by atoms with Gasteiger partial charge in [0.15, 0.2) is 0 Å². The zero-order valence-corrected chi connectivity index (χ0v) is 20.8. The van der Waals surface area contributed by atoms with Crippen molar-refractivity contribution in [3.8, 4) is 34.3 Å². The van der Waals surface area contributed by atoms with Crippen LogP contribution in [0.5, 0.6) is 5.75 Å². The van der Waals surface area contributed by atoms with Crippen LogP contribution in [0.4, 0.5) is 5.82 Å². The van der Waals surface area contributed by atoms with Gasteiger partial charge < -0.3 is 14.7 Å². The van der Waals surface area contributed by atoms with Crippen LogP contribution in [-0.4, -0.2) is 76.6 Å². The second-order valence-corrected chi connectivity index (χ2v) is 9.56. The minimum Gasteiger partial charge on any atom is -0.494 e. The van der Waals surface area contributed by atoms with E-state index in [0.29, 0.717) is 5.75 Å². The van der Waals surface area contributed by atoms with Gasteiger partial charge in [0.05, 0.1) is 31.2 Å². The number of aromatic amines is 1. The first-order chi connectivity index (χ1) is 18.2. The normalized spacial score (nSPS) is 17.6. The van der Waals surface area contributed by atoms with E-state index in [-0.39, 0.29) is 12.5 Å². The van der Waals surface area contributed by atoms with Crippen LogP contribution >= 0.6 is 0 Å². The van der Waals surface area contributed by atoms with Crippen molar-refractivity contribution in [2.24, 2.45) is 0 Å². The van der Waals surface area contributed by atoms with E-state index in [9.17, 15) is 10.4 Å². The molecule has 1 aliphatic carbocycles. The summed E-state index contributed by atoms with van der Waals surface area (Å²) < 4.78 is 5.73. The van der Waals surface area contributed by atoms with Crippen LogP contribution in [0.3, 0.4) is 0 Å². The van der Waals surface area contributed by atoms with Gasteiger partial charge in [-0.2, -0.15) is 10.4 Å². The lowest BCUT2D eigenvalue weighted by molar-refractivity contribution is 0.188. The van der Waals surface area contributed by atoms with Gasteiger partial charge in [-0.25, -0.2) is 9.97 Å². The Bertz CT molecular complexity index is 1470. The Morgan fingerprint density at radius 3 is 2.76 bits per heavy atom. The van der Waals surface area contributed by atoms with E-state index in [1.54, 1.807) is 7.11 Å². The summed E-state index contributed by atoms with van der Waals surface area (Å²) in [5, 5.41) is 26.4. The minimum atomic E-state index is -0.0728. The molecule has 1 atom stereocenters. The number of β-amino-alcohol motifs (C(OH)–C–C–N with tert-alkyl or cyclic N) is 1. The topological polar surface area (TPSA) is 114 Å². The molecule has 9 heteroatoms. The second-order valence-electron chi connectivity index (χ2n) is 9.56. The molecule has 4 heterocycles. The summed E-state index contributed by atoms with van der Waals surface area (Å²) in [5.41, 5.74) is 7.22. The number of benzene rings is 1. The van der Waals surface area contributed by atoms with Gasteiger partial charge in [-0.1, -0.05) is 18.2 Å². The van der Waals surface area contributed by atoms with E-state index < -0.39 is 0 Å². The van der Waals surface area contributed by atoms with Gasteiger partial charge in [0.25, 0.3) is 0 Å². The lowest BCUT2D eigenvalue weighted by atomic mass is 9.97. The number of aliphatic hydroxyl groups is 1. The van der Waals surface area contributed by atoms with Crippen molar-refractivity contribution in [3.63, 3.8) is 0 Å². The molecule has 1 aromatic carbocycles. The zero-order valence-electron chi connectivity index (χ0n) is 20.8. The number of rotatable bonds is 6. The first-order valence-corrected chi connectivity index (χ1v) is 12.7. The van der Waals surface area contributed by atoms with Crippen LogP contribution in [-0.2, 0) is 6.42 Å². The highest BCUT2D eigenvalue weighted by Crippen LogP contribution is 2.42. The van der Waals surface area contributed by atoms with Crippen LogP contribution in [0.15, 0.2) is 42.6 Å². The van der Waals surface area contributed by atoms with Crippen molar-refractivity contribution in [1.29, 1.82) is 5.26 Å². The number of ether oxygens (including phenoxy) is 1. The van der Waals surface area contributed by atoms with Crippen LogP contribution in [0.1, 0.15) is 23.5 Å². The van der Waals surface area contributed by atoms with Crippen molar-refractivity contribution in [3.05, 3.63) is 53.7 Å². The highest BCUT2D eigenvalue weighted by atomic mass is 16.5. The average molecular weight is 496 g/mol. The van der Waals surface area contributed by atoms with Crippen molar-refractivity contribution in [2.45, 2.75) is 18.8 Å². The Morgan fingerprint density at radius 2 is 2.03 bits per heavy atom. The maximum absolute atomic E-state index is 9.56. The van der Waals surface area contributed by atoms with Gasteiger partial charge in [0.2, 0.25) is 0 Å². The Hall–Kier alpha value is -4.00. The van der Waals surface area contributed by atoms with Gasteiger partial charge in [-0.05, 0) is 36.1 Å². The number of methoxy groups -OCH3 is 1. The highest BCUT2D eigenvalue weighted by molar-refractivity contribution is 5.93. The summed E-state index contributed by atoms with van der Waals surface area (Å²) in [6, 6.07) is 14.6. The van der Waals surface area contributed by atoms with E-state index in [1.165, 1.54) is 5.56 Å². The predicted molar refractivity (Wildman–Crippen MR) is 142 cm³/mol. The molecular weight excluding hydrogens is 466 g/mol. The molecule has 0 spiro atoms. The van der Waals surface area contributed by atoms with Crippen LogP contribution in [0.2, 0.25) is 0 Å². The molecule has 9 nitrogen and oxygen atoms in total. The second kappa shape index (κ2) is 9.81. The summed E-state index contributed by atoms with van der Waals surface area (Å²) in [7, 11) is 1.65. The Kier molecular flexibility index (Phi) is 6.20. The largest absolute Gasteiger partial charge is 0.494 e. The molecule has 1 unspecified atom stereocenters. The molecule has 0 amide bonds. The molecule has 2 N–H and O–H groups in total. The van der Waals surface area contributed by atoms with Crippen molar-refractivity contribution in [1.82, 2.24) is 25.1 Å². The standard InChI is InChI=1S/C28H29N7O2/c1-37-24-15-23-28(31-27(24)22-4-2-3-20-18(16-29)5-7-21(20)22)26(33-32-23)19-6-8-25(30-17-19)35-11-9-34(10-12-35)13-14-36/h2-4,6,8,15,17-18,36H,5,7,9-14H2,1H3,(H,32,33). The predicted octanol–water partition coefficient (Wildman–Crippen LogP) is 3.36. The fraction of sp³-hybridized carbons (Fsp3) is 0.357. The van der Waals surface area contributed by atoms with E-state index in [2.05, 4.69) is 32.1 Å². The minimum absolute atomic E-state index is 0.0728. The molecule has 1 fully saturated rings. The number of nitriles is 1. The molecule has 37 heavy (non-hydrogen) atoms. The van der Waals surface area contributed by atoms with Crippen LogP contribution < -0.4 is 9.64 Å². The third-order valence-electron chi connectivity index (χ3n) is 7.54. The van der Waals surface area contributed by atoms with Crippen molar-refractivity contribution < 1.29 is 9.84 Å². The average Bonchev–Trinajstić information content (AvgIpc) is 3.57. The molecule has 0 saturated carbocycles. The third kappa shape index (κ3) is 4.18. The van der Waals surface area contributed by atoms with Gasteiger partial charge in [-0.15, -0.1) is 0 Å². The first-order valence-electron chi connectivity index (χ1n) is 12.7. The van der Waals surface area contributed by atoms with Crippen LogP contribution in [0, 0.1) is 11.3 Å². The smallest absolute Gasteiger partial charge is 0.147 e. The number of piperazine rings is 1. The first kappa shape index (κ1) is 23.4. The van der Waals surface area contributed by atoms with Crippen LogP contribution in [0.25, 0.3) is 33.5 Å². The summed E-state index contributed by atoms with van der Waals surface area (Å²) in [4.78, 5) is 14.3. The number of hydrogen-bond donors (Lipinski definition) is 2. The lowest BCUT2D eigenvalue weighted by Crippen LogP contribution is -2.47. The number of nitrogens with zero attached hydrogens (tertiary/aromatic N) is 6. The van der Waals surface area contributed by atoms with E-state index in [4.69, 9.17) is 14.7 Å². The number of anilines is 1. The number of H-pyrrole nitrogens is 1. The number of nitrogens with one attached hydrogen (secondary N) is 1. The molecule has 3 aromatic heterocycles. The molecule has 1 saturated heterocycles. The maximum atomic E-state index is 9.56.